The van der Waals surface area contributed by atoms with Crippen LogP contribution >= 0.6 is 27.5 Å². The first-order valence-electron chi connectivity index (χ1n) is 4.92. The number of alkyl halides is 2. The second-order valence-corrected chi connectivity index (χ2v) is 4.75. The molecule has 4 heteroatoms. The predicted molar refractivity (Wildman–Crippen MR) is 69.5 cm³/mol. The third-order valence-corrected chi connectivity index (χ3v) is 3.56. The third kappa shape index (κ3) is 2.67. The van der Waals surface area contributed by atoms with Crippen LogP contribution in [0.5, 0.6) is 0 Å². The molecule has 0 saturated heterocycles. The van der Waals surface area contributed by atoms with Gasteiger partial charge in [0.2, 0.25) is 0 Å². The highest BCUT2D eigenvalue weighted by atomic mass is 79.9. The molecule has 0 unspecified atom stereocenters. The van der Waals surface area contributed by atoms with Gasteiger partial charge in [-0.2, -0.15) is 0 Å². The van der Waals surface area contributed by atoms with Crippen molar-refractivity contribution in [2.45, 2.75) is 6.43 Å². The Morgan fingerprint density at radius 3 is 2.24 bits per heavy atom. The van der Waals surface area contributed by atoms with Gasteiger partial charge in [0, 0.05) is 15.1 Å². The van der Waals surface area contributed by atoms with Crippen molar-refractivity contribution in [2.24, 2.45) is 0 Å². The third-order valence-electron chi connectivity index (χ3n) is 2.42. The molecule has 0 radical (unpaired) electrons. The fraction of sp³-hybridized carbons (Fsp3) is 0.0769. The average Bonchev–Trinajstić information content (AvgIpc) is 2.30. The van der Waals surface area contributed by atoms with Gasteiger partial charge in [0.1, 0.15) is 0 Å². The molecule has 0 atom stereocenters. The Morgan fingerprint density at radius 2 is 1.65 bits per heavy atom. The highest BCUT2D eigenvalue weighted by molar-refractivity contribution is 9.10. The van der Waals surface area contributed by atoms with Crippen molar-refractivity contribution in [3.05, 3.63) is 57.5 Å². The normalized spacial score (nSPS) is 10.9. The first-order valence-corrected chi connectivity index (χ1v) is 6.09. The van der Waals surface area contributed by atoms with Gasteiger partial charge in [-0.1, -0.05) is 41.9 Å². The number of hydrogen-bond donors (Lipinski definition) is 0. The predicted octanol–water partition coefficient (Wildman–Crippen LogP) is 5.71. The number of benzene rings is 2. The van der Waals surface area contributed by atoms with Crippen molar-refractivity contribution in [3.63, 3.8) is 0 Å². The van der Waals surface area contributed by atoms with Gasteiger partial charge in [-0.25, -0.2) is 8.78 Å². The van der Waals surface area contributed by atoms with E-state index in [1.807, 2.05) is 0 Å². The molecule has 0 fully saturated rings. The first kappa shape index (κ1) is 12.5. The van der Waals surface area contributed by atoms with E-state index in [1.165, 1.54) is 6.07 Å². The second kappa shape index (κ2) is 5.15. The SMILES string of the molecule is FC(F)c1cccc(-c2ccc(Cl)cc2)c1Br. The first-order chi connectivity index (χ1) is 8.09. The van der Waals surface area contributed by atoms with Crippen LogP contribution in [0.1, 0.15) is 12.0 Å². The van der Waals surface area contributed by atoms with Crippen LogP contribution in [-0.2, 0) is 0 Å². The van der Waals surface area contributed by atoms with E-state index in [2.05, 4.69) is 15.9 Å². The summed E-state index contributed by atoms with van der Waals surface area (Å²) in [7, 11) is 0. The molecule has 0 saturated carbocycles. The van der Waals surface area contributed by atoms with E-state index in [9.17, 15) is 8.78 Å². The van der Waals surface area contributed by atoms with Gasteiger partial charge < -0.3 is 0 Å². The number of rotatable bonds is 2. The lowest BCUT2D eigenvalue weighted by atomic mass is 10.0. The summed E-state index contributed by atoms with van der Waals surface area (Å²) in [6, 6.07) is 11.9. The second-order valence-electron chi connectivity index (χ2n) is 3.52. The van der Waals surface area contributed by atoms with Crippen LogP contribution in [0.3, 0.4) is 0 Å². The van der Waals surface area contributed by atoms with E-state index < -0.39 is 6.43 Å². The molecule has 88 valence electrons. The zero-order valence-electron chi connectivity index (χ0n) is 8.63. The van der Waals surface area contributed by atoms with Crippen LogP contribution < -0.4 is 0 Å². The molecule has 0 N–H and O–H groups in total. The highest BCUT2D eigenvalue weighted by Gasteiger charge is 2.14. The van der Waals surface area contributed by atoms with E-state index in [0.717, 1.165) is 11.1 Å². The lowest BCUT2D eigenvalue weighted by molar-refractivity contribution is 0.150. The van der Waals surface area contributed by atoms with Crippen molar-refractivity contribution >= 4 is 27.5 Å². The Kier molecular flexibility index (Phi) is 3.79. The number of hydrogen-bond acceptors (Lipinski definition) is 0. The molecule has 0 heterocycles. The summed E-state index contributed by atoms with van der Waals surface area (Å²) in [4.78, 5) is 0. The summed E-state index contributed by atoms with van der Waals surface area (Å²) < 4.78 is 25.9. The Morgan fingerprint density at radius 1 is 1.00 bits per heavy atom. The smallest absolute Gasteiger partial charge is 0.205 e. The summed E-state index contributed by atoms with van der Waals surface area (Å²) in [6.07, 6.45) is -2.49. The van der Waals surface area contributed by atoms with Gasteiger partial charge in [-0.05, 0) is 39.2 Å². The van der Waals surface area contributed by atoms with Gasteiger partial charge in [-0.3, -0.25) is 0 Å². The minimum Gasteiger partial charge on any atom is -0.205 e. The lowest BCUT2D eigenvalue weighted by Gasteiger charge is -2.09. The summed E-state index contributed by atoms with van der Waals surface area (Å²) in [5, 5.41) is 0.620. The van der Waals surface area contributed by atoms with Crippen molar-refractivity contribution in [2.75, 3.05) is 0 Å². The highest BCUT2D eigenvalue weighted by Crippen LogP contribution is 2.35. The van der Waals surface area contributed by atoms with Crippen LogP contribution in [0.15, 0.2) is 46.9 Å². The average molecular weight is 318 g/mol. The quantitative estimate of drug-likeness (QED) is 0.666. The maximum absolute atomic E-state index is 12.7. The monoisotopic (exact) mass is 316 g/mol. The minimum absolute atomic E-state index is 0.00236. The van der Waals surface area contributed by atoms with E-state index in [1.54, 1.807) is 36.4 Å². The van der Waals surface area contributed by atoms with Gasteiger partial charge >= 0.3 is 0 Å². The summed E-state index contributed by atoms with van der Waals surface area (Å²) in [5.41, 5.74) is 1.58. The van der Waals surface area contributed by atoms with Crippen LogP contribution in [0, 0.1) is 0 Å². The van der Waals surface area contributed by atoms with E-state index >= 15 is 0 Å². The van der Waals surface area contributed by atoms with Crippen molar-refractivity contribution in [3.8, 4) is 11.1 Å². The molecule has 17 heavy (non-hydrogen) atoms. The summed E-state index contributed by atoms with van der Waals surface area (Å²) >= 11 is 9.01. The molecule has 2 aromatic carbocycles. The Balaban J connectivity index is 2.52. The fourth-order valence-electron chi connectivity index (χ4n) is 1.57. The molecule has 0 nitrogen and oxygen atoms in total. The van der Waals surface area contributed by atoms with Crippen LogP contribution in [0.4, 0.5) is 8.78 Å². The molecule has 0 aliphatic rings. The number of halogens is 4. The molecule has 0 aliphatic carbocycles. The summed E-state index contributed by atoms with van der Waals surface area (Å²) in [6.45, 7) is 0. The minimum atomic E-state index is -2.49. The van der Waals surface area contributed by atoms with Gasteiger partial charge in [-0.15, -0.1) is 0 Å². The summed E-state index contributed by atoms with van der Waals surface area (Å²) in [5.74, 6) is 0. The molecule has 0 amide bonds. The fourth-order valence-corrected chi connectivity index (χ4v) is 2.36. The lowest BCUT2D eigenvalue weighted by Crippen LogP contribution is -1.89. The Hall–Kier alpha value is -0.930. The molecule has 0 aromatic heterocycles. The van der Waals surface area contributed by atoms with E-state index in [0.29, 0.717) is 9.50 Å². The Bertz CT molecular complexity index is 523. The topological polar surface area (TPSA) is 0 Å². The molecule has 0 aliphatic heterocycles. The van der Waals surface area contributed by atoms with Crippen LogP contribution in [0.2, 0.25) is 5.02 Å². The van der Waals surface area contributed by atoms with E-state index in [-0.39, 0.29) is 5.56 Å². The standard InChI is InChI=1S/C13H8BrClF2/c14-12-10(2-1-3-11(12)13(16)17)8-4-6-9(15)7-5-8/h1-7,13H. The molecular formula is C13H8BrClF2. The maximum Gasteiger partial charge on any atom is 0.264 e. The zero-order valence-corrected chi connectivity index (χ0v) is 11.0. The van der Waals surface area contributed by atoms with Crippen molar-refractivity contribution in [1.29, 1.82) is 0 Å². The van der Waals surface area contributed by atoms with Gasteiger partial charge in [0.15, 0.2) is 0 Å². The van der Waals surface area contributed by atoms with E-state index in [4.69, 9.17) is 11.6 Å². The van der Waals surface area contributed by atoms with Gasteiger partial charge in [0.05, 0.1) is 0 Å². The molecule has 2 aromatic rings. The largest absolute Gasteiger partial charge is 0.264 e. The molecular weight excluding hydrogens is 309 g/mol. The van der Waals surface area contributed by atoms with Gasteiger partial charge in [0.25, 0.3) is 6.43 Å². The molecule has 0 bridgehead atoms. The van der Waals surface area contributed by atoms with Crippen molar-refractivity contribution in [1.82, 2.24) is 0 Å². The molecule has 2 rings (SSSR count). The Labute approximate surface area is 111 Å². The maximum atomic E-state index is 12.7. The zero-order chi connectivity index (χ0) is 12.4. The van der Waals surface area contributed by atoms with Crippen LogP contribution in [0.25, 0.3) is 11.1 Å². The van der Waals surface area contributed by atoms with Crippen LogP contribution in [-0.4, -0.2) is 0 Å². The molecule has 0 spiro atoms. The van der Waals surface area contributed by atoms with Crippen molar-refractivity contribution < 1.29 is 8.78 Å².